The highest BCUT2D eigenvalue weighted by atomic mass is 35.5. The summed E-state index contributed by atoms with van der Waals surface area (Å²) in [6.45, 7) is 1.49. The van der Waals surface area contributed by atoms with Crippen LogP contribution in [-0.2, 0) is 4.79 Å². The monoisotopic (exact) mass is 300 g/mol. The van der Waals surface area contributed by atoms with Crippen LogP contribution in [0, 0.1) is 5.92 Å². The maximum atomic E-state index is 12.3. The number of carbonyl (C=O) groups excluding carboxylic acids is 1. The second-order valence-corrected chi connectivity index (χ2v) is 5.98. The molecule has 1 saturated carbocycles. The molecule has 0 atom stereocenters. The van der Waals surface area contributed by atoms with Crippen molar-refractivity contribution in [3.8, 4) is 0 Å². The molecule has 3 nitrogen and oxygen atoms in total. The zero-order valence-electron chi connectivity index (χ0n) is 11.2. The number of rotatable bonds is 5. The van der Waals surface area contributed by atoms with Gasteiger partial charge in [0, 0.05) is 24.7 Å². The lowest BCUT2D eigenvalue weighted by Gasteiger charge is -2.25. The molecule has 0 spiro atoms. The van der Waals surface area contributed by atoms with Gasteiger partial charge in [0.05, 0.1) is 10.0 Å². The second kappa shape index (κ2) is 6.12. The average Bonchev–Trinajstić information content (AvgIpc) is 3.17. The molecule has 1 aliphatic rings. The van der Waals surface area contributed by atoms with Gasteiger partial charge in [0.15, 0.2) is 0 Å². The first kappa shape index (κ1) is 14.6. The summed E-state index contributed by atoms with van der Waals surface area (Å²) in [6.07, 6.45) is 2.00. The Balaban J connectivity index is 2.19. The van der Waals surface area contributed by atoms with E-state index in [0.717, 1.165) is 25.1 Å². The first-order valence-corrected chi connectivity index (χ1v) is 7.16. The van der Waals surface area contributed by atoms with Crippen LogP contribution in [0.5, 0.6) is 0 Å². The van der Waals surface area contributed by atoms with E-state index < -0.39 is 0 Å². The van der Waals surface area contributed by atoms with E-state index in [0.29, 0.717) is 16.6 Å². The van der Waals surface area contributed by atoms with Crippen molar-refractivity contribution < 1.29 is 4.79 Å². The Morgan fingerprint density at radius 2 is 1.89 bits per heavy atom. The Labute approximate surface area is 124 Å². The molecule has 0 saturated heterocycles. The minimum absolute atomic E-state index is 0.191. The summed E-state index contributed by atoms with van der Waals surface area (Å²) in [7, 11) is 3.99. The SMILES string of the molecule is CN(C)CCN(C(=O)C1CC1)c1ccc(Cl)c(Cl)c1. The third-order valence-electron chi connectivity index (χ3n) is 3.18. The van der Waals surface area contributed by atoms with Gasteiger partial charge in [-0.15, -0.1) is 0 Å². The molecular formula is C14H18Cl2N2O. The summed E-state index contributed by atoms with van der Waals surface area (Å²) in [4.78, 5) is 16.2. The molecule has 5 heteroatoms. The van der Waals surface area contributed by atoms with E-state index >= 15 is 0 Å². The van der Waals surface area contributed by atoms with Gasteiger partial charge in [0.1, 0.15) is 0 Å². The number of halogens is 2. The molecule has 19 heavy (non-hydrogen) atoms. The van der Waals surface area contributed by atoms with Gasteiger partial charge in [-0.1, -0.05) is 23.2 Å². The van der Waals surface area contributed by atoms with E-state index in [-0.39, 0.29) is 11.8 Å². The van der Waals surface area contributed by atoms with Crippen molar-refractivity contribution in [1.82, 2.24) is 4.90 Å². The summed E-state index contributed by atoms with van der Waals surface area (Å²) in [5.74, 6) is 0.386. The minimum Gasteiger partial charge on any atom is -0.311 e. The normalized spacial score (nSPS) is 14.8. The minimum atomic E-state index is 0.191. The van der Waals surface area contributed by atoms with Gasteiger partial charge in [0.25, 0.3) is 0 Å². The van der Waals surface area contributed by atoms with Gasteiger partial charge in [0.2, 0.25) is 5.91 Å². The van der Waals surface area contributed by atoms with E-state index in [4.69, 9.17) is 23.2 Å². The van der Waals surface area contributed by atoms with Gasteiger partial charge in [-0.05, 0) is 45.1 Å². The first-order valence-electron chi connectivity index (χ1n) is 6.40. The molecule has 0 aromatic heterocycles. The summed E-state index contributed by atoms with van der Waals surface area (Å²) in [6, 6.07) is 5.35. The summed E-state index contributed by atoms with van der Waals surface area (Å²) < 4.78 is 0. The molecule has 0 unspecified atom stereocenters. The van der Waals surface area contributed by atoms with Crippen LogP contribution in [0.15, 0.2) is 18.2 Å². The molecule has 2 rings (SSSR count). The summed E-state index contributed by atoms with van der Waals surface area (Å²) >= 11 is 12.0. The van der Waals surface area contributed by atoms with Crippen LogP contribution in [0.1, 0.15) is 12.8 Å². The van der Waals surface area contributed by atoms with Gasteiger partial charge in [-0.3, -0.25) is 4.79 Å². The molecule has 1 aromatic rings. The van der Waals surface area contributed by atoms with Crippen LogP contribution >= 0.6 is 23.2 Å². The Morgan fingerprint density at radius 1 is 1.21 bits per heavy atom. The van der Waals surface area contributed by atoms with Gasteiger partial charge in [-0.2, -0.15) is 0 Å². The number of hydrogen-bond donors (Lipinski definition) is 0. The third kappa shape index (κ3) is 3.85. The van der Waals surface area contributed by atoms with E-state index in [1.54, 1.807) is 12.1 Å². The fourth-order valence-electron chi connectivity index (χ4n) is 1.87. The highest BCUT2D eigenvalue weighted by Gasteiger charge is 2.34. The fraction of sp³-hybridized carbons (Fsp3) is 0.500. The molecular weight excluding hydrogens is 283 g/mol. The summed E-state index contributed by atoms with van der Waals surface area (Å²) in [5.41, 5.74) is 0.827. The van der Waals surface area contributed by atoms with Crippen molar-refractivity contribution in [2.45, 2.75) is 12.8 Å². The summed E-state index contributed by atoms with van der Waals surface area (Å²) in [5, 5.41) is 0.995. The molecule has 0 bridgehead atoms. The Hall–Kier alpha value is -0.770. The maximum Gasteiger partial charge on any atom is 0.230 e. The van der Waals surface area contributed by atoms with Crippen LogP contribution in [0.3, 0.4) is 0 Å². The zero-order valence-corrected chi connectivity index (χ0v) is 12.7. The molecule has 1 amide bonds. The van der Waals surface area contributed by atoms with E-state index in [1.165, 1.54) is 0 Å². The number of nitrogens with zero attached hydrogens (tertiary/aromatic N) is 2. The van der Waals surface area contributed by atoms with Crippen molar-refractivity contribution >= 4 is 34.8 Å². The lowest BCUT2D eigenvalue weighted by Crippen LogP contribution is -2.37. The Kier molecular flexibility index (Phi) is 4.71. The smallest absolute Gasteiger partial charge is 0.230 e. The fourth-order valence-corrected chi connectivity index (χ4v) is 2.16. The van der Waals surface area contributed by atoms with Crippen molar-refractivity contribution in [2.75, 3.05) is 32.1 Å². The van der Waals surface area contributed by atoms with Crippen molar-refractivity contribution in [1.29, 1.82) is 0 Å². The molecule has 0 radical (unpaired) electrons. The van der Waals surface area contributed by atoms with Crippen LogP contribution in [0.2, 0.25) is 10.0 Å². The topological polar surface area (TPSA) is 23.6 Å². The zero-order chi connectivity index (χ0) is 14.0. The Morgan fingerprint density at radius 3 is 2.42 bits per heavy atom. The highest BCUT2D eigenvalue weighted by Crippen LogP contribution is 2.34. The van der Waals surface area contributed by atoms with E-state index in [2.05, 4.69) is 4.90 Å². The van der Waals surface area contributed by atoms with Crippen LogP contribution in [0.25, 0.3) is 0 Å². The molecule has 1 aliphatic carbocycles. The van der Waals surface area contributed by atoms with Crippen molar-refractivity contribution in [2.24, 2.45) is 5.92 Å². The molecule has 0 N–H and O–H groups in total. The predicted molar refractivity (Wildman–Crippen MR) is 80.1 cm³/mol. The number of amides is 1. The van der Waals surface area contributed by atoms with Gasteiger partial charge < -0.3 is 9.80 Å². The molecule has 0 aliphatic heterocycles. The van der Waals surface area contributed by atoms with E-state index in [1.807, 2.05) is 25.1 Å². The standard InChI is InChI=1S/C14H18Cl2N2O/c1-17(2)7-8-18(14(19)10-3-4-10)11-5-6-12(15)13(16)9-11/h5-6,9-10H,3-4,7-8H2,1-2H3. The third-order valence-corrected chi connectivity index (χ3v) is 3.92. The number of likely N-dealkylation sites (N-methyl/N-ethyl adjacent to an activating group) is 1. The number of carbonyl (C=O) groups is 1. The van der Waals surface area contributed by atoms with Gasteiger partial charge >= 0.3 is 0 Å². The maximum absolute atomic E-state index is 12.3. The Bertz CT molecular complexity index is 473. The quantitative estimate of drug-likeness (QED) is 0.833. The first-order chi connectivity index (χ1) is 8.99. The molecule has 0 heterocycles. The van der Waals surface area contributed by atoms with Crippen LogP contribution in [-0.4, -0.2) is 38.0 Å². The molecule has 1 aromatic carbocycles. The average molecular weight is 301 g/mol. The van der Waals surface area contributed by atoms with Crippen LogP contribution < -0.4 is 4.90 Å². The number of benzene rings is 1. The molecule has 1 fully saturated rings. The van der Waals surface area contributed by atoms with Crippen molar-refractivity contribution in [3.05, 3.63) is 28.2 Å². The van der Waals surface area contributed by atoms with Gasteiger partial charge in [-0.25, -0.2) is 0 Å². The predicted octanol–water partition coefficient (Wildman–Crippen LogP) is 3.30. The number of anilines is 1. The largest absolute Gasteiger partial charge is 0.311 e. The van der Waals surface area contributed by atoms with E-state index in [9.17, 15) is 4.79 Å². The lowest BCUT2D eigenvalue weighted by molar-refractivity contribution is -0.119. The number of hydrogen-bond acceptors (Lipinski definition) is 2. The second-order valence-electron chi connectivity index (χ2n) is 5.17. The van der Waals surface area contributed by atoms with Crippen molar-refractivity contribution in [3.63, 3.8) is 0 Å². The lowest BCUT2D eigenvalue weighted by atomic mass is 10.2. The van der Waals surface area contributed by atoms with Crippen LogP contribution in [0.4, 0.5) is 5.69 Å². The highest BCUT2D eigenvalue weighted by molar-refractivity contribution is 6.42. The molecule has 104 valence electrons.